The van der Waals surface area contributed by atoms with Gasteiger partial charge >= 0.3 is 6.09 Å². The number of benzene rings is 1. The van der Waals surface area contributed by atoms with Crippen LogP contribution in [0.2, 0.25) is 0 Å². The summed E-state index contributed by atoms with van der Waals surface area (Å²) in [7, 11) is 1.60. The van der Waals surface area contributed by atoms with E-state index in [2.05, 4.69) is 14.7 Å². The number of ether oxygens (including phenoxy) is 3. The summed E-state index contributed by atoms with van der Waals surface area (Å²) < 4.78 is 30.7. The zero-order chi connectivity index (χ0) is 24.0. The molecule has 176 valence electrons. The number of nitrogens with zero attached hydrogens (tertiary/aromatic N) is 4. The summed E-state index contributed by atoms with van der Waals surface area (Å²) in [5.74, 6) is 0.570. The number of aromatic nitrogens is 1. The lowest BCUT2D eigenvalue weighted by Gasteiger charge is -2.41. The Bertz CT molecular complexity index is 1020. The highest BCUT2D eigenvalue weighted by atomic mass is 19.1. The number of anilines is 1. The first-order valence-corrected chi connectivity index (χ1v) is 10.7. The van der Waals surface area contributed by atoms with E-state index in [0.29, 0.717) is 43.5 Å². The second-order valence-corrected chi connectivity index (χ2v) is 8.74. The predicted octanol–water partition coefficient (Wildman–Crippen LogP) is 4.42. The van der Waals surface area contributed by atoms with Crippen LogP contribution >= 0.6 is 0 Å². The van der Waals surface area contributed by atoms with Crippen LogP contribution in [-0.4, -0.2) is 61.0 Å². The first kappa shape index (κ1) is 24.3. The molecule has 0 saturated carbocycles. The average molecular weight is 457 g/mol. The maximum atomic E-state index is 14.1. The van der Waals surface area contributed by atoms with Gasteiger partial charge in [0.25, 0.3) is 0 Å². The van der Waals surface area contributed by atoms with Crippen LogP contribution in [0.1, 0.15) is 26.3 Å². The van der Waals surface area contributed by atoms with Crippen molar-refractivity contribution in [1.82, 2.24) is 9.88 Å². The van der Waals surface area contributed by atoms with Crippen molar-refractivity contribution in [3.8, 4) is 5.88 Å². The van der Waals surface area contributed by atoms with Crippen LogP contribution in [0.4, 0.5) is 20.7 Å². The predicted molar refractivity (Wildman–Crippen MR) is 122 cm³/mol. The van der Waals surface area contributed by atoms with Crippen LogP contribution in [0.15, 0.2) is 36.4 Å². The molecule has 9 heteroatoms. The van der Waals surface area contributed by atoms with Crippen molar-refractivity contribution in [3.63, 3.8) is 0 Å². The number of pyridine rings is 1. The monoisotopic (exact) mass is 456 g/mol. The molecule has 0 bridgehead atoms. The molecule has 1 aliphatic heterocycles. The van der Waals surface area contributed by atoms with Crippen molar-refractivity contribution in [2.45, 2.75) is 39.0 Å². The number of piperazine rings is 1. The number of carbonyl (C=O) groups excluding carboxylic acids is 1. The fraction of sp³-hybridized carbons (Fsp3) is 0.458. The van der Waals surface area contributed by atoms with E-state index < -0.39 is 11.4 Å². The molecule has 3 rings (SSSR count). The number of hydrogen-bond donors (Lipinski definition) is 0. The Morgan fingerprint density at radius 2 is 2.06 bits per heavy atom. The molecule has 2 heterocycles. The molecule has 0 unspecified atom stereocenters. The van der Waals surface area contributed by atoms with Gasteiger partial charge in [0.05, 0.1) is 19.2 Å². The van der Waals surface area contributed by atoms with E-state index >= 15 is 0 Å². The molecule has 2 aromatic rings. The fourth-order valence-electron chi connectivity index (χ4n) is 3.49. The van der Waals surface area contributed by atoms with Crippen molar-refractivity contribution in [1.29, 1.82) is 0 Å². The van der Waals surface area contributed by atoms with Gasteiger partial charge in [-0.3, -0.25) is 4.90 Å². The van der Waals surface area contributed by atoms with Gasteiger partial charge in [-0.25, -0.2) is 14.0 Å². The highest BCUT2D eigenvalue weighted by Crippen LogP contribution is 2.23. The Morgan fingerprint density at radius 1 is 1.27 bits per heavy atom. The van der Waals surface area contributed by atoms with E-state index in [4.69, 9.17) is 20.8 Å². The van der Waals surface area contributed by atoms with E-state index in [1.807, 2.05) is 32.9 Å². The normalized spacial score (nSPS) is 16.3. The molecular formula is C24H29FN4O4. The molecule has 33 heavy (non-hydrogen) atoms. The first-order valence-electron chi connectivity index (χ1n) is 10.7. The van der Waals surface area contributed by atoms with Gasteiger partial charge in [0.2, 0.25) is 5.88 Å². The smallest absolute Gasteiger partial charge is 0.410 e. The molecule has 0 aliphatic carbocycles. The Labute approximate surface area is 193 Å². The lowest BCUT2D eigenvalue weighted by atomic mass is 10.1. The van der Waals surface area contributed by atoms with Gasteiger partial charge in [0.1, 0.15) is 23.8 Å². The van der Waals surface area contributed by atoms with Gasteiger partial charge in [0.15, 0.2) is 5.69 Å². The molecule has 0 spiro atoms. The number of halogens is 1. The highest BCUT2D eigenvalue weighted by Gasteiger charge is 2.33. The van der Waals surface area contributed by atoms with Crippen molar-refractivity contribution in [2.24, 2.45) is 0 Å². The number of hydrogen-bond acceptors (Lipinski definition) is 6. The number of carbonyl (C=O) groups is 1. The van der Waals surface area contributed by atoms with Crippen LogP contribution in [0, 0.1) is 12.4 Å². The standard InChI is InChI=1S/C24H29FN4O4/c1-24(2,3)33-23(30)29-12-11-28(14-19(29)16-31-5)21-7-6-8-22(27-21)32-15-17-9-10-18(26-4)13-20(17)25/h6-10,13,19H,11-12,14-16H2,1-3,5H3/t19-/m1/s1. The minimum absolute atomic E-state index is 0.000706. The lowest BCUT2D eigenvalue weighted by molar-refractivity contribution is 0.00337. The van der Waals surface area contributed by atoms with Crippen molar-refractivity contribution < 1.29 is 23.4 Å². The summed E-state index contributed by atoms with van der Waals surface area (Å²) in [5, 5.41) is 0. The molecule has 1 saturated heterocycles. The molecule has 1 aliphatic rings. The van der Waals surface area contributed by atoms with E-state index in [1.54, 1.807) is 24.1 Å². The van der Waals surface area contributed by atoms with Crippen molar-refractivity contribution >= 4 is 17.6 Å². The van der Waals surface area contributed by atoms with Crippen LogP contribution < -0.4 is 9.64 Å². The summed E-state index contributed by atoms with van der Waals surface area (Å²) in [6.45, 7) is 14.4. The molecular weight excluding hydrogens is 427 g/mol. The van der Waals surface area contributed by atoms with Crippen LogP contribution in [0.3, 0.4) is 0 Å². The average Bonchev–Trinajstić information content (AvgIpc) is 2.77. The zero-order valence-corrected chi connectivity index (χ0v) is 19.4. The van der Waals surface area contributed by atoms with E-state index in [1.165, 1.54) is 12.1 Å². The van der Waals surface area contributed by atoms with Crippen molar-refractivity contribution in [2.75, 3.05) is 38.3 Å². The molecule has 1 aromatic heterocycles. The van der Waals surface area contributed by atoms with Gasteiger partial charge in [-0.1, -0.05) is 18.2 Å². The van der Waals surface area contributed by atoms with Crippen LogP contribution in [0.5, 0.6) is 5.88 Å². The zero-order valence-electron chi connectivity index (χ0n) is 19.4. The molecule has 0 N–H and O–H groups in total. The fourth-order valence-corrected chi connectivity index (χ4v) is 3.49. The summed E-state index contributed by atoms with van der Waals surface area (Å²) in [6.07, 6.45) is -0.361. The molecule has 1 aromatic carbocycles. The molecule has 8 nitrogen and oxygen atoms in total. The second kappa shape index (κ2) is 10.5. The lowest BCUT2D eigenvalue weighted by Crippen LogP contribution is -2.58. The highest BCUT2D eigenvalue weighted by molar-refractivity contribution is 5.69. The van der Waals surface area contributed by atoms with Crippen molar-refractivity contribution in [3.05, 3.63) is 59.2 Å². The summed E-state index contributed by atoms with van der Waals surface area (Å²) >= 11 is 0. The maximum absolute atomic E-state index is 14.1. The quantitative estimate of drug-likeness (QED) is 0.600. The minimum Gasteiger partial charge on any atom is -0.473 e. The topological polar surface area (TPSA) is 68.5 Å². The largest absolute Gasteiger partial charge is 0.473 e. The summed E-state index contributed by atoms with van der Waals surface area (Å²) in [5.41, 5.74) is 0.0164. The van der Waals surface area contributed by atoms with Crippen LogP contribution in [-0.2, 0) is 16.1 Å². The molecule has 1 fully saturated rings. The van der Waals surface area contributed by atoms with Gasteiger partial charge in [-0.15, -0.1) is 0 Å². The van der Waals surface area contributed by atoms with E-state index in [0.717, 1.165) is 0 Å². The second-order valence-electron chi connectivity index (χ2n) is 8.74. The summed E-state index contributed by atoms with van der Waals surface area (Å²) in [6, 6.07) is 9.48. The van der Waals surface area contributed by atoms with Gasteiger partial charge < -0.3 is 19.1 Å². The molecule has 1 atom stereocenters. The Balaban J connectivity index is 1.67. The number of methoxy groups -OCH3 is 1. The van der Waals surface area contributed by atoms with E-state index in [9.17, 15) is 9.18 Å². The first-order chi connectivity index (χ1) is 15.7. The van der Waals surface area contributed by atoms with Gasteiger partial charge in [-0.2, -0.15) is 4.98 Å². The minimum atomic E-state index is -0.575. The third kappa shape index (κ3) is 6.56. The Morgan fingerprint density at radius 3 is 2.73 bits per heavy atom. The third-order valence-electron chi connectivity index (χ3n) is 5.04. The van der Waals surface area contributed by atoms with E-state index in [-0.39, 0.29) is 24.4 Å². The Kier molecular flexibility index (Phi) is 7.71. The SMILES string of the molecule is [C-]#[N+]c1ccc(COc2cccc(N3CCN(C(=O)OC(C)(C)C)[C@@H](COC)C3)n2)c(F)c1. The van der Waals surface area contributed by atoms with Gasteiger partial charge in [-0.05, 0) is 32.9 Å². The summed E-state index contributed by atoms with van der Waals surface area (Å²) in [4.78, 5) is 24.2. The van der Waals surface area contributed by atoms with Gasteiger partial charge in [0, 0.05) is 38.4 Å². The molecule has 0 radical (unpaired) electrons. The molecule has 1 amide bonds. The Hall–Kier alpha value is -3.38. The third-order valence-corrected chi connectivity index (χ3v) is 5.04. The number of rotatable bonds is 6. The van der Waals surface area contributed by atoms with Crippen LogP contribution in [0.25, 0.3) is 4.85 Å². The number of amides is 1. The maximum Gasteiger partial charge on any atom is 0.410 e.